The second-order valence-electron chi connectivity index (χ2n) is 0.0476. The van der Waals surface area contributed by atoms with Crippen molar-refractivity contribution in [2.24, 2.45) is 0 Å². The predicted octanol–water partition coefficient (Wildman–Crippen LogP) is -4.62. The summed E-state index contributed by atoms with van der Waals surface area (Å²) in [6.45, 7) is 0. The Labute approximate surface area is 94.7 Å². The summed E-state index contributed by atoms with van der Waals surface area (Å²) in [5.74, 6) is 0. The van der Waals surface area contributed by atoms with E-state index in [1.54, 1.807) is 0 Å². The summed E-state index contributed by atoms with van der Waals surface area (Å²) in [5.41, 5.74) is 0. The van der Waals surface area contributed by atoms with E-state index in [1.165, 1.54) is 0 Å². The summed E-state index contributed by atoms with van der Waals surface area (Å²) >= 11 is 0.382. The van der Waals surface area contributed by atoms with Gasteiger partial charge in [0, 0.05) is 0 Å². The standard InChI is InChI=1S/3ClH.Co.K/h3*1H;;/q;;;+2;+1/p-3. The molecule has 5 heteroatoms. The molecule has 0 aromatic carbocycles. The number of rotatable bonds is 0. The molecule has 0 amide bonds. The first-order valence-corrected chi connectivity index (χ1v) is 3.12. The Morgan fingerprint density at radius 1 is 1.20 bits per heavy atom. The van der Waals surface area contributed by atoms with Crippen LogP contribution in [0.1, 0.15) is 0 Å². The maximum absolute atomic E-state index is 4.73. The first kappa shape index (κ1) is 15.7. The topological polar surface area (TPSA) is 0 Å². The van der Waals surface area contributed by atoms with Gasteiger partial charge in [-0.05, 0) is 0 Å². The Kier molecular flexibility index (Phi) is 49.4. The molecule has 0 rings (SSSR count). The molecule has 0 aliphatic heterocycles. The summed E-state index contributed by atoms with van der Waals surface area (Å²) in [5, 5.41) is 0. The quantitative estimate of drug-likeness (QED) is 0.348. The third kappa shape index (κ3) is 19.4. The van der Waals surface area contributed by atoms with E-state index in [2.05, 4.69) is 0 Å². The van der Waals surface area contributed by atoms with Crippen molar-refractivity contribution in [3.63, 3.8) is 0 Å². The summed E-state index contributed by atoms with van der Waals surface area (Å²) < 4.78 is 0. The molecule has 0 radical (unpaired) electrons. The van der Waals surface area contributed by atoms with E-state index < -0.39 is 0 Å². The molecule has 0 saturated heterocycles. The van der Waals surface area contributed by atoms with Crippen molar-refractivity contribution in [3.8, 4) is 0 Å². The van der Waals surface area contributed by atoms with Gasteiger partial charge in [-0.3, -0.25) is 0 Å². The third-order valence-corrected chi connectivity index (χ3v) is 0. The zero-order valence-electron chi connectivity index (χ0n) is 2.47. The SMILES string of the molecule is [Cl-].[Cl][Co][Cl].[K+]. The smallest absolute Gasteiger partial charge is 1.00 e. The van der Waals surface area contributed by atoms with Crippen molar-refractivity contribution in [1.29, 1.82) is 0 Å². The Balaban J connectivity index is -0.0000000200. The van der Waals surface area contributed by atoms with Gasteiger partial charge in [0.05, 0.1) is 0 Å². The van der Waals surface area contributed by atoms with Gasteiger partial charge in [0.25, 0.3) is 0 Å². The normalized spacial score (nSPS) is 4.40. The maximum Gasteiger partial charge on any atom is 1.00 e. The molecular formula is Cl3CoK. The van der Waals surface area contributed by atoms with Crippen LogP contribution in [0.5, 0.6) is 0 Å². The van der Waals surface area contributed by atoms with Crippen molar-refractivity contribution in [1.82, 2.24) is 0 Å². The van der Waals surface area contributed by atoms with Gasteiger partial charge in [0.2, 0.25) is 0 Å². The van der Waals surface area contributed by atoms with E-state index >= 15 is 0 Å². The van der Waals surface area contributed by atoms with E-state index in [9.17, 15) is 0 Å². The minimum Gasteiger partial charge on any atom is 1.00 e. The van der Waals surface area contributed by atoms with Crippen LogP contribution >= 0.6 is 20.3 Å². The minimum absolute atomic E-state index is 0. The van der Waals surface area contributed by atoms with Crippen molar-refractivity contribution >= 4 is 20.3 Å². The molecule has 0 fully saturated rings. The first-order chi connectivity index (χ1) is 1.41. The van der Waals surface area contributed by atoms with Gasteiger partial charge in [0.15, 0.2) is 0 Å². The van der Waals surface area contributed by atoms with Gasteiger partial charge in [0.1, 0.15) is 0 Å². The molecule has 0 N–H and O–H groups in total. The predicted molar refractivity (Wildman–Crippen MR) is 11.7 cm³/mol. The van der Waals surface area contributed by atoms with Gasteiger partial charge in [-0.15, -0.1) is 0 Å². The number of halogens is 3. The minimum atomic E-state index is 0. The van der Waals surface area contributed by atoms with Crippen LogP contribution in [0.2, 0.25) is 0 Å². The van der Waals surface area contributed by atoms with Crippen LogP contribution in [0, 0.1) is 0 Å². The Morgan fingerprint density at radius 2 is 1.20 bits per heavy atom. The molecule has 0 aromatic heterocycles. The molecule has 0 bridgehead atoms. The first-order valence-electron chi connectivity index (χ1n) is 0.252. The average molecular weight is 204 g/mol. The van der Waals surface area contributed by atoms with E-state index in [4.69, 9.17) is 20.3 Å². The Morgan fingerprint density at radius 3 is 1.20 bits per heavy atom. The average Bonchev–Trinajstić information content (AvgIpc) is 0.918. The molecular weight excluding hydrogens is 204 g/mol. The van der Waals surface area contributed by atoms with Gasteiger partial charge in [-0.25, -0.2) is 0 Å². The Bertz CT molecular complexity index is 6.85. The molecule has 0 unspecified atom stereocenters. The maximum atomic E-state index is 4.73. The van der Waals surface area contributed by atoms with Gasteiger partial charge in [-0.1, -0.05) is 0 Å². The fraction of sp³-hybridized carbons (Fsp3) is 0. The zero-order chi connectivity index (χ0) is 2.71. The van der Waals surface area contributed by atoms with Crippen LogP contribution in [0.15, 0.2) is 0 Å². The summed E-state index contributed by atoms with van der Waals surface area (Å²) in [6.07, 6.45) is 0. The zero-order valence-corrected chi connectivity index (χ0v) is 8.90. The largest absolute Gasteiger partial charge is 1.00 e. The molecule has 0 nitrogen and oxygen atoms in total. The molecule has 0 saturated carbocycles. The van der Waals surface area contributed by atoms with Crippen LogP contribution in [0.3, 0.4) is 0 Å². The van der Waals surface area contributed by atoms with E-state index in [-0.39, 0.29) is 63.8 Å². The van der Waals surface area contributed by atoms with Crippen LogP contribution in [-0.4, -0.2) is 0 Å². The molecule has 0 spiro atoms. The summed E-state index contributed by atoms with van der Waals surface area (Å²) in [6, 6.07) is 0. The molecule has 0 atom stereocenters. The molecule has 0 heterocycles. The van der Waals surface area contributed by atoms with Crippen LogP contribution in [0.4, 0.5) is 0 Å². The summed E-state index contributed by atoms with van der Waals surface area (Å²) in [7, 11) is 9.47. The Hall–Kier alpha value is 3.01. The second-order valence-corrected chi connectivity index (χ2v) is 1.77. The van der Waals surface area contributed by atoms with Gasteiger partial charge < -0.3 is 12.4 Å². The molecule has 0 aromatic rings. The van der Waals surface area contributed by atoms with Crippen molar-refractivity contribution in [3.05, 3.63) is 0 Å². The van der Waals surface area contributed by atoms with Crippen molar-refractivity contribution in [2.75, 3.05) is 0 Å². The number of hydrogen-bond acceptors (Lipinski definition) is 0. The molecule has 5 heavy (non-hydrogen) atoms. The van der Waals surface area contributed by atoms with Crippen LogP contribution in [-0.2, 0) is 12.9 Å². The molecule has 0 aliphatic rings. The van der Waals surface area contributed by atoms with Crippen molar-refractivity contribution in [2.45, 2.75) is 0 Å². The summed E-state index contributed by atoms with van der Waals surface area (Å²) in [4.78, 5) is 0. The molecule has 0 aliphatic carbocycles. The monoisotopic (exact) mass is 203 g/mol. The van der Waals surface area contributed by atoms with E-state index in [0.29, 0.717) is 12.9 Å². The van der Waals surface area contributed by atoms with E-state index in [1.807, 2.05) is 0 Å². The fourth-order valence-electron chi connectivity index (χ4n) is 0. The molecule has 31 valence electrons. The van der Waals surface area contributed by atoms with E-state index in [0.717, 1.165) is 0 Å². The van der Waals surface area contributed by atoms with Gasteiger partial charge in [-0.2, -0.15) is 0 Å². The van der Waals surface area contributed by atoms with Gasteiger partial charge >= 0.3 is 84.6 Å². The van der Waals surface area contributed by atoms with Crippen LogP contribution < -0.4 is 63.8 Å². The second kappa shape index (κ2) is 15.7. The van der Waals surface area contributed by atoms with Crippen molar-refractivity contribution < 1.29 is 76.7 Å². The fourth-order valence-corrected chi connectivity index (χ4v) is 0. The number of hydrogen-bond donors (Lipinski definition) is 0. The van der Waals surface area contributed by atoms with Crippen LogP contribution in [0.25, 0.3) is 0 Å². The third-order valence-electron chi connectivity index (χ3n) is 0.